The van der Waals surface area contributed by atoms with Crippen LogP contribution in [0.25, 0.3) is 10.2 Å². The van der Waals surface area contributed by atoms with E-state index < -0.39 is 12.1 Å². The first-order valence-electron chi connectivity index (χ1n) is 12.2. The van der Waals surface area contributed by atoms with Crippen LogP contribution in [0.1, 0.15) is 12.5 Å². The second-order valence-electron chi connectivity index (χ2n) is 8.48. The summed E-state index contributed by atoms with van der Waals surface area (Å²) < 4.78 is 17.5. The molecule has 1 amide bonds. The van der Waals surface area contributed by atoms with Gasteiger partial charge >= 0.3 is 12.1 Å². The van der Waals surface area contributed by atoms with Crippen molar-refractivity contribution < 1.29 is 23.8 Å². The number of amides is 1. The van der Waals surface area contributed by atoms with Gasteiger partial charge in [0.2, 0.25) is 0 Å². The van der Waals surface area contributed by atoms with Crippen LogP contribution in [0.5, 0.6) is 11.5 Å². The highest BCUT2D eigenvalue weighted by Gasteiger charge is 2.22. The summed E-state index contributed by atoms with van der Waals surface area (Å²) in [4.78, 5) is 33.0. The van der Waals surface area contributed by atoms with E-state index in [2.05, 4.69) is 16.0 Å². The van der Waals surface area contributed by atoms with Gasteiger partial charge in [0.1, 0.15) is 18.9 Å². The molecule has 204 valence electrons. The van der Waals surface area contributed by atoms with Crippen LogP contribution in [0, 0.1) is 0 Å². The molecule has 0 saturated heterocycles. The first-order chi connectivity index (χ1) is 18.8. The van der Waals surface area contributed by atoms with Crippen molar-refractivity contribution in [3.05, 3.63) is 82.3 Å². The summed E-state index contributed by atoms with van der Waals surface area (Å²) in [5.41, 5.74) is 1.75. The number of para-hydroxylation sites is 1. The molecule has 4 aromatic rings. The molecule has 0 fully saturated rings. The van der Waals surface area contributed by atoms with Gasteiger partial charge in [0.05, 0.1) is 28.4 Å². The lowest BCUT2D eigenvalue weighted by molar-refractivity contribution is -0.144. The minimum atomic E-state index is -0.759. The zero-order chi connectivity index (χ0) is 27.8. The number of thiazole rings is 1. The molecule has 1 heterocycles. The fourth-order valence-electron chi connectivity index (χ4n) is 3.59. The number of anilines is 1. The first-order valence-corrected chi connectivity index (χ1v) is 13.8. The Kier molecular flexibility index (Phi) is 9.86. The highest BCUT2D eigenvalue weighted by molar-refractivity contribution is 7.22. The van der Waals surface area contributed by atoms with Crippen molar-refractivity contribution in [2.24, 2.45) is 0 Å². The smallest absolute Gasteiger partial charge is 0.416 e. The molecule has 0 N–H and O–H groups in total. The van der Waals surface area contributed by atoms with Gasteiger partial charge in [-0.2, -0.15) is 0 Å². The second kappa shape index (κ2) is 13.5. The Bertz CT molecular complexity index is 1400. The zero-order valence-corrected chi connectivity index (χ0v) is 23.8. The molecule has 0 aliphatic rings. The van der Waals surface area contributed by atoms with Crippen LogP contribution in [-0.4, -0.2) is 55.3 Å². The monoisotopic (exact) mass is 587 g/mol. The van der Waals surface area contributed by atoms with E-state index in [1.807, 2.05) is 49.5 Å². The van der Waals surface area contributed by atoms with Crippen LogP contribution >= 0.6 is 34.5 Å². The second-order valence-corrected chi connectivity index (χ2v) is 10.3. The van der Waals surface area contributed by atoms with Gasteiger partial charge in [0.15, 0.2) is 10.9 Å². The normalized spacial score (nSPS) is 10.8. The summed E-state index contributed by atoms with van der Waals surface area (Å²) in [5.74, 6) is 0.230. The third kappa shape index (κ3) is 7.98. The predicted molar refractivity (Wildman–Crippen MR) is 154 cm³/mol. The Labute approximate surface area is 240 Å². The summed E-state index contributed by atoms with van der Waals surface area (Å²) in [7, 11) is 1.98. The van der Waals surface area contributed by atoms with Gasteiger partial charge in [-0.05, 0) is 48.9 Å². The zero-order valence-electron chi connectivity index (χ0n) is 21.4. The number of nitrogens with zero attached hydrogens (tertiary/aromatic N) is 3. The van der Waals surface area contributed by atoms with Gasteiger partial charge in [-0.15, -0.1) is 0 Å². The quantitative estimate of drug-likeness (QED) is 0.181. The number of carbonyl (C=O) groups excluding carboxylic acids is 2. The number of halogens is 2. The van der Waals surface area contributed by atoms with Gasteiger partial charge in [0.25, 0.3) is 0 Å². The number of aromatic nitrogens is 1. The molecular weight excluding hydrogens is 561 g/mol. The Morgan fingerprint density at radius 2 is 1.79 bits per heavy atom. The fourth-order valence-corrected chi connectivity index (χ4v) is 4.86. The van der Waals surface area contributed by atoms with E-state index in [0.717, 1.165) is 20.9 Å². The maximum Gasteiger partial charge on any atom is 0.416 e. The van der Waals surface area contributed by atoms with Crippen LogP contribution in [0.2, 0.25) is 10.0 Å². The Hall–Kier alpha value is -3.53. The molecule has 0 atom stereocenters. The van der Waals surface area contributed by atoms with E-state index in [-0.39, 0.29) is 30.5 Å². The number of hydrogen-bond acceptors (Lipinski definition) is 8. The van der Waals surface area contributed by atoms with E-state index in [1.165, 1.54) is 17.0 Å². The van der Waals surface area contributed by atoms with Crippen molar-refractivity contribution in [3.63, 3.8) is 0 Å². The number of rotatable bonds is 11. The molecule has 0 saturated carbocycles. The third-order valence-electron chi connectivity index (χ3n) is 5.58. The summed E-state index contributed by atoms with van der Waals surface area (Å²) in [6.07, 6.45) is -0.759. The lowest BCUT2D eigenvalue weighted by atomic mass is 10.2. The lowest BCUT2D eigenvalue weighted by Gasteiger charge is -2.22. The van der Waals surface area contributed by atoms with Gasteiger partial charge < -0.3 is 19.1 Å². The minimum Gasteiger partial charge on any atom is -0.492 e. The standard InChI is InChI=1S/C28H27Cl2N3O5S/c1-3-36-26(34)18-33(28(35)38-24-16-20(29)10-13-22(24)30)17-19-8-11-21(12-9-19)37-15-14-32(2)27-31-23-6-4-5-7-25(23)39-27/h4-13,16H,3,14-15,17-18H2,1-2H3. The van der Waals surface area contributed by atoms with Crippen molar-refractivity contribution in [2.75, 3.05) is 38.3 Å². The van der Waals surface area contributed by atoms with E-state index in [1.54, 1.807) is 24.3 Å². The predicted octanol–water partition coefficient (Wildman–Crippen LogP) is 6.68. The van der Waals surface area contributed by atoms with Gasteiger partial charge in [-0.3, -0.25) is 9.69 Å². The molecule has 11 heteroatoms. The van der Waals surface area contributed by atoms with Crippen LogP contribution in [0.3, 0.4) is 0 Å². The Balaban J connectivity index is 1.34. The summed E-state index contributed by atoms with van der Waals surface area (Å²) in [6.45, 7) is 2.84. The summed E-state index contributed by atoms with van der Waals surface area (Å²) >= 11 is 13.8. The van der Waals surface area contributed by atoms with E-state index in [9.17, 15) is 9.59 Å². The van der Waals surface area contributed by atoms with Crippen molar-refractivity contribution >= 4 is 61.9 Å². The number of esters is 1. The molecule has 0 aliphatic heterocycles. The van der Waals surface area contributed by atoms with Gasteiger partial charge in [-0.1, -0.05) is 58.8 Å². The lowest BCUT2D eigenvalue weighted by Crippen LogP contribution is -2.38. The molecule has 0 bridgehead atoms. The molecule has 0 radical (unpaired) electrons. The van der Waals surface area contributed by atoms with E-state index >= 15 is 0 Å². The molecule has 0 unspecified atom stereocenters. The molecule has 4 rings (SSSR count). The molecule has 0 spiro atoms. The van der Waals surface area contributed by atoms with Gasteiger partial charge in [-0.25, -0.2) is 9.78 Å². The van der Waals surface area contributed by atoms with Crippen molar-refractivity contribution in [1.29, 1.82) is 0 Å². The number of hydrogen-bond donors (Lipinski definition) is 0. The highest BCUT2D eigenvalue weighted by atomic mass is 35.5. The average Bonchev–Trinajstić information content (AvgIpc) is 3.36. The Morgan fingerprint density at radius 3 is 2.54 bits per heavy atom. The summed E-state index contributed by atoms with van der Waals surface area (Å²) in [6, 6.07) is 19.9. The van der Waals surface area contributed by atoms with Crippen molar-refractivity contribution in [2.45, 2.75) is 13.5 Å². The maximum atomic E-state index is 12.9. The number of carbonyl (C=O) groups is 2. The number of fused-ring (bicyclic) bond motifs is 1. The average molecular weight is 589 g/mol. The topological polar surface area (TPSA) is 81.2 Å². The van der Waals surface area contributed by atoms with Crippen LogP contribution < -0.4 is 14.4 Å². The molecule has 3 aromatic carbocycles. The fraction of sp³-hybridized carbons (Fsp3) is 0.250. The maximum absolute atomic E-state index is 12.9. The van der Waals surface area contributed by atoms with Crippen LogP contribution in [-0.2, 0) is 16.1 Å². The van der Waals surface area contributed by atoms with Crippen LogP contribution in [0.4, 0.5) is 9.93 Å². The molecule has 1 aromatic heterocycles. The Morgan fingerprint density at radius 1 is 1.03 bits per heavy atom. The van der Waals surface area contributed by atoms with Crippen molar-refractivity contribution in [1.82, 2.24) is 9.88 Å². The minimum absolute atomic E-state index is 0.0996. The number of ether oxygens (including phenoxy) is 3. The highest BCUT2D eigenvalue weighted by Crippen LogP contribution is 2.29. The van der Waals surface area contributed by atoms with Crippen molar-refractivity contribution in [3.8, 4) is 11.5 Å². The summed E-state index contributed by atoms with van der Waals surface area (Å²) in [5, 5.41) is 1.52. The third-order valence-corrected chi connectivity index (χ3v) is 7.27. The van der Waals surface area contributed by atoms with Gasteiger partial charge in [0, 0.05) is 24.7 Å². The largest absolute Gasteiger partial charge is 0.492 e. The van der Waals surface area contributed by atoms with Crippen LogP contribution in [0.15, 0.2) is 66.7 Å². The number of benzene rings is 3. The van der Waals surface area contributed by atoms with E-state index in [0.29, 0.717) is 23.9 Å². The van der Waals surface area contributed by atoms with E-state index in [4.69, 9.17) is 37.4 Å². The molecular formula is C28H27Cl2N3O5S. The molecule has 39 heavy (non-hydrogen) atoms. The molecule has 0 aliphatic carbocycles. The number of likely N-dealkylation sites (N-methyl/N-ethyl adjacent to an activating group) is 1. The first kappa shape index (κ1) is 28.5. The SMILES string of the molecule is CCOC(=O)CN(Cc1ccc(OCCN(C)c2nc3ccccc3s2)cc1)C(=O)Oc1cc(Cl)ccc1Cl. The molecule has 8 nitrogen and oxygen atoms in total.